The molecule has 0 fully saturated rings. The molecule has 0 bridgehead atoms. The zero-order valence-corrected chi connectivity index (χ0v) is 15.7. The second-order valence-electron chi connectivity index (χ2n) is 5.38. The molecule has 0 unspecified atom stereocenters. The number of hydrogen-bond acceptors (Lipinski definition) is 7. The quantitative estimate of drug-likeness (QED) is 0.395. The highest BCUT2D eigenvalue weighted by molar-refractivity contribution is 5.94. The van der Waals surface area contributed by atoms with Gasteiger partial charge < -0.3 is 35.3 Å². The highest BCUT2D eigenvalue weighted by Crippen LogP contribution is 2.03. The second kappa shape index (κ2) is 14.9. The average Bonchev–Trinajstić information content (AvgIpc) is 2.71. The van der Waals surface area contributed by atoms with E-state index in [-0.39, 0.29) is 12.5 Å². The molecule has 0 aliphatic carbocycles. The van der Waals surface area contributed by atoms with Crippen LogP contribution in [0.1, 0.15) is 15.9 Å². The SMILES string of the molecule is CNC(=O)OCCOCCOCCOCCNC(=O)c1ccc(CN)cc1. The van der Waals surface area contributed by atoms with E-state index < -0.39 is 6.09 Å². The summed E-state index contributed by atoms with van der Waals surface area (Å²) in [6.45, 7) is 3.52. The van der Waals surface area contributed by atoms with Gasteiger partial charge in [-0.15, -0.1) is 0 Å². The van der Waals surface area contributed by atoms with Gasteiger partial charge in [0, 0.05) is 25.7 Å². The normalized spacial score (nSPS) is 10.4. The van der Waals surface area contributed by atoms with E-state index in [1.807, 2.05) is 12.1 Å². The van der Waals surface area contributed by atoms with Crippen LogP contribution in [0.2, 0.25) is 0 Å². The van der Waals surface area contributed by atoms with Crippen LogP contribution in [0.3, 0.4) is 0 Å². The molecular weight excluding hydrogens is 354 g/mol. The van der Waals surface area contributed by atoms with E-state index in [2.05, 4.69) is 10.6 Å². The lowest BCUT2D eigenvalue weighted by atomic mass is 10.1. The molecule has 0 radical (unpaired) electrons. The van der Waals surface area contributed by atoms with Gasteiger partial charge in [-0.25, -0.2) is 4.79 Å². The number of amides is 2. The first kappa shape index (κ1) is 22.8. The lowest BCUT2D eigenvalue weighted by Crippen LogP contribution is -2.27. The van der Waals surface area contributed by atoms with E-state index in [0.29, 0.717) is 58.3 Å². The number of alkyl carbamates (subject to hydrolysis) is 1. The molecule has 0 aliphatic heterocycles. The van der Waals surface area contributed by atoms with Crippen molar-refractivity contribution in [3.63, 3.8) is 0 Å². The lowest BCUT2D eigenvalue weighted by Gasteiger charge is -2.08. The van der Waals surface area contributed by atoms with E-state index in [9.17, 15) is 9.59 Å². The van der Waals surface area contributed by atoms with Gasteiger partial charge in [-0.2, -0.15) is 0 Å². The Morgan fingerprint density at radius 1 is 0.889 bits per heavy atom. The minimum atomic E-state index is -0.479. The van der Waals surface area contributed by atoms with Gasteiger partial charge in [0.15, 0.2) is 0 Å². The van der Waals surface area contributed by atoms with E-state index in [0.717, 1.165) is 5.56 Å². The minimum Gasteiger partial charge on any atom is -0.447 e. The van der Waals surface area contributed by atoms with Crippen molar-refractivity contribution in [2.45, 2.75) is 6.54 Å². The number of carbonyl (C=O) groups excluding carboxylic acids is 2. The molecular formula is C18H29N3O6. The zero-order chi connectivity index (χ0) is 19.7. The van der Waals surface area contributed by atoms with Gasteiger partial charge in [0.05, 0.1) is 39.6 Å². The summed E-state index contributed by atoms with van der Waals surface area (Å²) in [4.78, 5) is 22.7. The average molecular weight is 383 g/mol. The monoisotopic (exact) mass is 383 g/mol. The Kier molecular flexibility index (Phi) is 12.6. The Labute approximate surface area is 159 Å². The van der Waals surface area contributed by atoms with Gasteiger partial charge >= 0.3 is 6.09 Å². The summed E-state index contributed by atoms with van der Waals surface area (Å²) in [6, 6.07) is 7.17. The predicted molar refractivity (Wildman–Crippen MR) is 99.5 cm³/mol. The Morgan fingerprint density at radius 3 is 2.00 bits per heavy atom. The number of ether oxygens (including phenoxy) is 4. The van der Waals surface area contributed by atoms with Crippen LogP contribution in [0.5, 0.6) is 0 Å². The lowest BCUT2D eigenvalue weighted by molar-refractivity contribution is 0.00631. The van der Waals surface area contributed by atoms with Crippen LogP contribution in [-0.2, 0) is 25.5 Å². The first-order valence-corrected chi connectivity index (χ1v) is 8.82. The van der Waals surface area contributed by atoms with Gasteiger partial charge in [0.2, 0.25) is 0 Å². The summed E-state index contributed by atoms with van der Waals surface area (Å²) < 4.78 is 20.7. The van der Waals surface area contributed by atoms with E-state index >= 15 is 0 Å². The number of nitrogens with two attached hydrogens (primary N) is 1. The van der Waals surface area contributed by atoms with Crippen LogP contribution in [0.4, 0.5) is 4.79 Å². The summed E-state index contributed by atoms with van der Waals surface area (Å²) in [6.07, 6.45) is -0.479. The van der Waals surface area contributed by atoms with Crippen molar-refractivity contribution in [2.75, 3.05) is 59.8 Å². The fourth-order valence-electron chi connectivity index (χ4n) is 1.94. The molecule has 0 saturated heterocycles. The third kappa shape index (κ3) is 11.2. The van der Waals surface area contributed by atoms with Crippen LogP contribution in [0, 0.1) is 0 Å². The third-order valence-corrected chi connectivity index (χ3v) is 3.39. The Bertz CT molecular complexity index is 538. The van der Waals surface area contributed by atoms with Crippen molar-refractivity contribution in [1.29, 1.82) is 0 Å². The van der Waals surface area contributed by atoms with Crippen LogP contribution in [0.25, 0.3) is 0 Å². The molecule has 9 heteroatoms. The van der Waals surface area contributed by atoms with E-state index in [1.54, 1.807) is 12.1 Å². The second-order valence-corrected chi connectivity index (χ2v) is 5.38. The largest absolute Gasteiger partial charge is 0.447 e. The molecule has 0 saturated carbocycles. The van der Waals surface area contributed by atoms with Gasteiger partial charge in [0.1, 0.15) is 6.61 Å². The summed E-state index contributed by atoms with van der Waals surface area (Å²) >= 11 is 0. The van der Waals surface area contributed by atoms with E-state index in [1.165, 1.54) is 7.05 Å². The molecule has 0 aliphatic rings. The fourth-order valence-corrected chi connectivity index (χ4v) is 1.94. The molecule has 152 valence electrons. The van der Waals surface area contributed by atoms with Crippen molar-refractivity contribution in [1.82, 2.24) is 10.6 Å². The minimum absolute atomic E-state index is 0.143. The highest BCUT2D eigenvalue weighted by Gasteiger charge is 2.04. The Balaban J connectivity index is 1.88. The fraction of sp³-hybridized carbons (Fsp3) is 0.556. The Morgan fingerprint density at radius 2 is 1.44 bits per heavy atom. The first-order valence-electron chi connectivity index (χ1n) is 8.82. The number of benzene rings is 1. The van der Waals surface area contributed by atoms with Crippen molar-refractivity contribution in [3.05, 3.63) is 35.4 Å². The molecule has 4 N–H and O–H groups in total. The number of rotatable bonds is 14. The molecule has 1 rings (SSSR count). The third-order valence-electron chi connectivity index (χ3n) is 3.39. The molecule has 0 spiro atoms. The van der Waals surface area contributed by atoms with Gasteiger partial charge in [-0.3, -0.25) is 4.79 Å². The van der Waals surface area contributed by atoms with Crippen LogP contribution in [0.15, 0.2) is 24.3 Å². The molecule has 0 atom stereocenters. The van der Waals surface area contributed by atoms with E-state index in [4.69, 9.17) is 24.7 Å². The molecule has 1 aromatic rings. The summed E-state index contributed by atoms with van der Waals surface area (Å²) in [5.74, 6) is -0.143. The maximum absolute atomic E-state index is 11.9. The summed E-state index contributed by atoms with van der Waals surface area (Å²) in [5.41, 5.74) is 7.10. The Hall–Kier alpha value is -2.20. The first-order chi connectivity index (χ1) is 13.2. The van der Waals surface area contributed by atoms with Gasteiger partial charge in [-0.05, 0) is 17.7 Å². The smallest absolute Gasteiger partial charge is 0.406 e. The topological polar surface area (TPSA) is 121 Å². The van der Waals surface area contributed by atoms with Crippen LogP contribution >= 0.6 is 0 Å². The molecule has 27 heavy (non-hydrogen) atoms. The van der Waals surface area contributed by atoms with Crippen molar-refractivity contribution < 1.29 is 28.5 Å². The standard InChI is InChI=1S/C18H29N3O6/c1-20-18(23)27-13-12-26-11-10-25-9-8-24-7-6-21-17(22)16-4-2-15(14-19)3-5-16/h2-5H,6-14,19H2,1H3,(H,20,23)(H,21,22). The highest BCUT2D eigenvalue weighted by atomic mass is 16.6. The predicted octanol–water partition coefficient (Wildman–Crippen LogP) is 0.281. The summed E-state index contributed by atoms with van der Waals surface area (Å²) in [7, 11) is 1.49. The molecule has 2 amide bonds. The zero-order valence-electron chi connectivity index (χ0n) is 15.7. The van der Waals surface area contributed by atoms with Crippen LogP contribution < -0.4 is 16.4 Å². The maximum Gasteiger partial charge on any atom is 0.406 e. The number of hydrogen-bond donors (Lipinski definition) is 3. The maximum atomic E-state index is 11.9. The van der Waals surface area contributed by atoms with Crippen molar-refractivity contribution >= 4 is 12.0 Å². The number of nitrogens with one attached hydrogen (secondary N) is 2. The summed E-state index contributed by atoms with van der Waals surface area (Å²) in [5, 5.41) is 5.12. The van der Waals surface area contributed by atoms with Gasteiger partial charge in [0.25, 0.3) is 5.91 Å². The molecule has 1 aromatic carbocycles. The van der Waals surface area contributed by atoms with Crippen molar-refractivity contribution in [2.24, 2.45) is 5.73 Å². The van der Waals surface area contributed by atoms with Gasteiger partial charge in [-0.1, -0.05) is 12.1 Å². The van der Waals surface area contributed by atoms with Crippen molar-refractivity contribution in [3.8, 4) is 0 Å². The molecule has 0 heterocycles. The van der Waals surface area contributed by atoms with Crippen LogP contribution in [-0.4, -0.2) is 71.8 Å². The molecule has 9 nitrogen and oxygen atoms in total. The number of carbonyl (C=O) groups is 2. The molecule has 0 aromatic heterocycles.